The van der Waals surface area contributed by atoms with E-state index in [0.29, 0.717) is 11.5 Å². The summed E-state index contributed by atoms with van der Waals surface area (Å²) in [6.07, 6.45) is 5.90. The van der Waals surface area contributed by atoms with Gasteiger partial charge in [-0.15, -0.1) is 0 Å². The molecule has 1 spiro atoms. The third-order valence-electron chi connectivity index (χ3n) is 6.54. The number of morpholine rings is 1. The number of likely N-dealkylation sites (tertiary alicyclic amines) is 1. The zero-order valence-corrected chi connectivity index (χ0v) is 16.9. The highest BCUT2D eigenvalue weighted by atomic mass is 16.5. The molecule has 3 aliphatic rings. The van der Waals surface area contributed by atoms with E-state index in [9.17, 15) is 0 Å². The van der Waals surface area contributed by atoms with Crippen LogP contribution in [0, 0.1) is 5.41 Å². The fraction of sp³-hybridized carbons (Fsp3) is 0.682. The number of guanidine groups is 1. The Morgan fingerprint density at radius 2 is 2.11 bits per heavy atom. The second-order valence-electron chi connectivity index (χ2n) is 8.66. The van der Waals surface area contributed by atoms with Crippen LogP contribution < -0.4 is 5.32 Å². The SMILES string of the molecule is CN=C(NCc1cccc(CN2CCOC(C)C2)c1)N1CCC2(CCC2)C1. The van der Waals surface area contributed by atoms with Gasteiger partial charge in [0.2, 0.25) is 0 Å². The van der Waals surface area contributed by atoms with E-state index in [1.54, 1.807) is 0 Å². The molecule has 1 saturated carbocycles. The summed E-state index contributed by atoms with van der Waals surface area (Å²) < 4.78 is 5.65. The molecule has 0 radical (unpaired) electrons. The molecule has 27 heavy (non-hydrogen) atoms. The van der Waals surface area contributed by atoms with Gasteiger partial charge in [-0.2, -0.15) is 0 Å². The van der Waals surface area contributed by atoms with Crippen LogP contribution in [0.4, 0.5) is 0 Å². The highest BCUT2D eigenvalue weighted by Crippen LogP contribution is 2.47. The number of ether oxygens (including phenoxy) is 1. The van der Waals surface area contributed by atoms with Gasteiger partial charge < -0.3 is 15.0 Å². The lowest BCUT2D eigenvalue weighted by atomic mass is 9.68. The monoisotopic (exact) mass is 370 g/mol. The van der Waals surface area contributed by atoms with Crippen molar-refractivity contribution in [2.24, 2.45) is 10.4 Å². The molecule has 1 aliphatic carbocycles. The molecule has 2 heterocycles. The molecule has 148 valence electrons. The van der Waals surface area contributed by atoms with Crippen molar-refractivity contribution in [1.29, 1.82) is 0 Å². The minimum Gasteiger partial charge on any atom is -0.376 e. The van der Waals surface area contributed by atoms with Crippen molar-refractivity contribution < 1.29 is 4.74 Å². The van der Waals surface area contributed by atoms with Crippen LogP contribution in [-0.4, -0.2) is 61.7 Å². The minimum absolute atomic E-state index is 0.339. The first-order valence-electron chi connectivity index (χ1n) is 10.5. The van der Waals surface area contributed by atoms with E-state index in [-0.39, 0.29) is 0 Å². The van der Waals surface area contributed by atoms with Crippen molar-refractivity contribution in [1.82, 2.24) is 15.1 Å². The predicted octanol–water partition coefficient (Wildman–Crippen LogP) is 2.86. The van der Waals surface area contributed by atoms with Crippen molar-refractivity contribution in [2.45, 2.75) is 51.8 Å². The first-order chi connectivity index (χ1) is 13.2. The Kier molecular flexibility index (Phi) is 5.69. The lowest BCUT2D eigenvalue weighted by Gasteiger charge is -2.38. The predicted molar refractivity (Wildman–Crippen MR) is 110 cm³/mol. The number of rotatable bonds is 4. The van der Waals surface area contributed by atoms with Gasteiger partial charge in [-0.25, -0.2) is 0 Å². The van der Waals surface area contributed by atoms with Crippen molar-refractivity contribution in [3.8, 4) is 0 Å². The van der Waals surface area contributed by atoms with Crippen molar-refractivity contribution in [2.75, 3.05) is 39.8 Å². The van der Waals surface area contributed by atoms with Crippen LogP contribution >= 0.6 is 0 Å². The third kappa shape index (κ3) is 4.46. The second kappa shape index (κ2) is 8.19. The zero-order valence-electron chi connectivity index (χ0n) is 16.9. The smallest absolute Gasteiger partial charge is 0.193 e. The maximum atomic E-state index is 5.65. The molecular weight excluding hydrogens is 336 g/mol. The van der Waals surface area contributed by atoms with Crippen LogP contribution in [0.3, 0.4) is 0 Å². The Morgan fingerprint density at radius 1 is 1.26 bits per heavy atom. The molecule has 1 aromatic rings. The standard InChI is InChI=1S/C22H34N4O/c1-18-15-25(11-12-27-18)16-20-6-3-5-19(13-20)14-24-21(23-2)26-10-9-22(17-26)7-4-8-22/h3,5-6,13,18H,4,7-12,14-17H2,1-2H3,(H,23,24). The molecule has 0 bridgehead atoms. The summed E-state index contributed by atoms with van der Waals surface area (Å²) in [5.41, 5.74) is 3.31. The number of hydrogen-bond acceptors (Lipinski definition) is 3. The summed E-state index contributed by atoms with van der Waals surface area (Å²) in [5.74, 6) is 1.06. The molecule has 0 aromatic heterocycles. The van der Waals surface area contributed by atoms with Crippen LogP contribution in [-0.2, 0) is 17.8 Å². The fourth-order valence-corrected chi connectivity index (χ4v) is 4.84. The van der Waals surface area contributed by atoms with Gasteiger partial charge in [-0.3, -0.25) is 9.89 Å². The molecule has 2 saturated heterocycles. The summed E-state index contributed by atoms with van der Waals surface area (Å²) in [7, 11) is 1.91. The Morgan fingerprint density at radius 3 is 2.81 bits per heavy atom. The Bertz CT molecular complexity index is 670. The van der Waals surface area contributed by atoms with Gasteiger partial charge >= 0.3 is 0 Å². The molecule has 3 fully saturated rings. The van der Waals surface area contributed by atoms with Gasteiger partial charge in [-0.1, -0.05) is 30.7 Å². The third-order valence-corrected chi connectivity index (χ3v) is 6.54. The van der Waals surface area contributed by atoms with Gasteiger partial charge in [0.1, 0.15) is 0 Å². The first-order valence-corrected chi connectivity index (χ1v) is 10.5. The number of hydrogen-bond donors (Lipinski definition) is 1. The number of aliphatic imine (C=N–C) groups is 1. The van der Waals surface area contributed by atoms with E-state index in [4.69, 9.17) is 4.74 Å². The normalized spacial score (nSPS) is 25.6. The summed E-state index contributed by atoms with van der Waals surface area (Å²) in [4.78, 5) is 9.49. The van der Waals surface area contributed by atoms with E-state index in [0.717, 1.165) is 45.3 Å². The van der Waals surface area contributed by atoms with E-state index in [1.165, 1.54) is 43.4 Å². The second-order valence-corrected chi connectivity index (χ2v) is 8.66. The van der Waals surface area contributed by atoms with Crippen LogP contribution in [0.15, 0.2) is 29.3 Å². The maximum Gasteiger partial charge on any atom is 0.193 e. The molecule has 4 rings (SSSR count). The average molecular weight is 371 g/mol. The lowest BCUT2D eigenvalue weighted by molar-refractivity contribution is -0.0212. The van der Waals surface area contributed by atoms with Gasteiger partial charge in [0, 0.05) is 46.3 Å². The average Bonchev–Trinajstić information content (AvgIpc) is 3.09. The molecule has 5 heteroatoms. The molecule has 1 N–H and O–H groups in total. The molecule has 1 aromatic carbocycles. The first kappa shape index (κ1) is 18.8. The van der Waals surface area contributed by atoms with Gasteiger partial charge in [0.25, 0.3) is 0 Å². The van der Waals surface area contributed by atoms with Crippen LogP contribution in [0.25, 0.3) is 0 Å². The minimum atomic E-state index is 0.339. The Balaban J connectivity index is 1.31. The highest BCUT2D eigenvalue weighted by molar-refractivity contribution is 5.80. The molecule has 1 unspecified atom stereocenters. The largest absolute Gasteiger partial charge is 0.376 e. The summed E-state index contributed by atoms with van der Waals surface area (Å²) in [5, 5.41) is 3.59. The summed E-state index contributed by atoms with van der Waals surface area (Å²) in [6.45, 7) is 9.22. The van der Waals surface area contributed by atoms with E-state index in [1.807, 2.05) is 7.05 Å². The highest BCUT2D eigenvalue weighted by Gasteiger charge is 2.43. The van der Waals surface area contributed by atoms with Crippen LogP contribution in [0.5, 0.6) is 0 Å². The lowest BCUT2D eigenvalue weighted by Crippen LogP contribution is -2.42. The van der Waals surface area contributed by atoms with Crippen molar-refractivity contribution in [3.63, 3.8) is 0 Å². The van der Waals surface area contributed by atoms with Gasteiger partial charge in [0.15, 0.2) is 5.96 Å². The summed E-state index contributed by atoms with van der Waals surface area (Å²) >= 11 is 0. The van der Waals surface area contributed by atoms with Crippen LogP contribution in [0.1, 0.15) is 43.7 Å². The van der Waals surface area contributed by atoms with Crippen molar-refractivity contribution in [3.05, 3.63) is 35.4 Å². The van der Waals surface area contributed by atoms with Gasteiger partial charge in [-0.05, 0) is 42.7 Å². The topological polar surface area (TPSA) is 40.1 Å². The van der Waals surface area contributed by atoms with E-state index < -0.39 is 0 Å². The van der Waals surface area contributed by atoms with E-state index >= 15 is 0 Å². The Labute approximate surface area is 163 Å². The molecule has 5 nitrogen and oxygen atoms in total. The molecule has 1 atom stereocenters. The maximum absolute atomic E-state index is 5.65. The summed E-state index contributed by atoms with van der Waals surface area (Å²) in [6, 6.07) is 8.96. The fourth-order valence-electron chi connectivity index (χ4n) is 4.84. The number of benzene rings is 1. The Hall–Kier alpha value is -1.59. The van der Waals surface area contributed by atoms with Crippen LogP contribution in [0.2, 0.25) is 0 Å². The molecule has 0 amide bonds. The molecule has 2 aliphatic heterocycles. The zero-order chi connectivity index (χ0) is 18.7. The number of nitrogens with zero attached hydrogens (tertiary/aromatic N) is 3. The quantitative estimate of drug-likeness (QED) is 0.654. The van der Waals surface area contributed by atoms with Crippen molar-refractivity contribution >= 4 is 5.96 Å². The van der Waals surface area contributed by atoms with E-state index in [2.05, 4.69) is 51.3 Å². The van der Waals surface area contributed by atoms with Gasteiger partial charge in [0.05, 0.1) is 12.7 Å². The number of nitrogens with one attached hydrogen (secondary N) is 1. The molecular formula is C22H34N4O.